The van der Waals surface area contributed by atoms with Crippen molar-refractivity contribution in [3.8, 4) is 0 Å². The third-order valence-electron chi connectivity index (χ3n) is 4.61. The highest BCUT2D eigenvalue weighted by molar-refractivity contribution is 6.74. The number of hydrogen-bond acceptors (Lipinski definition) is 6. The van der Waals surface area contributed by atoms with Gasteiger partial charge in [0, 0.05) is 13.0 Å². The Kier molecular flexibility index (Phi) is 8.50. The number of aryl methyl sites for hydroxylation is 1. The number of aliphatic hydroxyl groups excluding tert-OH is 1. The standard InChI is InChI=1S/C18H34N2O4Si/c1-7-10-22-13-15(19)16(21)17-20-12-14(24-17)9-8-11-23-25(5,6)18(2,3)4/h7,12,15-16,21H,1,8-11,13,19H2,2-6H3/t15-,16+/m0/s1. The van der Waals surface area contributed by atoms with Crippen LogP contribution in [0.15, 0.2) is 23.3 Å². The summed E-state index contributed by atoms with van der Waals surface area (Å²) in [5.74, 6) is 0.960. The summed E-state index contributed by atoms with van der Waals surface area (Å²) in [5, 5.41) is 10.4. The fourth-order valence-electron chi connectivity index (χ4n) is 1.93. The molecule has 25 heavy (non-hydrogen) atoms. The molecule has 0 unspecified atom stereocenters. The maximum Gasteiger partial charge on any atom is 0.224 e. The van der Waals surface area contributed by atoms with Crippen molar-refractivity contribution >= 4 is 8.32 Å². The van der Waals surface area contributed by atoms with Crippen LogP contribution in [0.4, 0.5) is 0 Å². The largest absolute Gasteiger partial charge is 0.443 e. The van der Waals surface area contributed by atoms with Crippen molar-refractivity contribution in [2.75, 3.05) is 19.8 Å². The van der Waals surface area contributed by atoms with E-state index in [9.17, 15) is 5.11 Å². The molecule has 0 aliphatic heterocycles. The molecule has 0 saturated heterocycles. The lowest BCUT2D eigenvalue weighted by atomic mass is 10.2. The molecule has 0 radical (unpaired) electrons. The Labute approximate surface area is 152 Å². The minimum Gasteiger partial charge on any atom is -0.443 e. The number of aliphatic hydroxyl groups is 1. The van der Waals surface area contributed by atoms with E-state index in [0.29, 0.717) is 13.2 Å². The number of aromatic nitrogens is 1. The van der Waals surface area contributed by atoms with Gasteiger partial charge in [-0.2, -0.15) is 0 Å². The molecule has 1 aromatic heterocycles. The molecule has 7 heteroatoms. The second-order valence-electron chi connectivity index (χ2n) is 7.81. The summed E-state index contributed by atoms with van der Waals surface area (Å²) >= 11 is 0. The van der Waals surface area contributed by atoms with Gasteiger partial charge in [0.1, 0.15) is 11.9 Å². The molecule has 1 rings (SSSR count). The lowest BCUT2D eigenvalue weighted by molar-refractivity contribution is 0.0581. The highest BCUT2D eigenvalue weighted by Crippen LogP contribution is 2.36. The van der Waals surface area contributed by atoms with Crippen molar-refractivity contribution in [3.05, 3.63) is 30.5 Å². The summed E-state index contributed by atoms with van der Waals surface area (Å²) in [4.78, 5) is 4.13. The van der Waals surface area contributed by atoms with E-state index in [1.807, 2.05) is 0 Å². The number of rotatable bonds is 11. The van der Waals surface area contributed by atoms with E-state index >= 15 is 0 Å². The molecule has 0 spiro atoms. The smallest absolute Gasteiger partial charge is 0.224 e. The summed E-state index contributed by atoms with van der Waals surface area (Å²) in [6, 6.07) is -0.589. The first-order valence-electron chi connectivity index (χ1n) is 8.79. The fraction of sp³-hybridized carbons (Fsp3) is 0.722. The average molecular weight is 371 g/mol. The van der Waals surface area contributed by atoms with E-state index in [2.05, 4.69) is 45.4 Å². The molecule has 144 valence electrons. The van der Waals surface area contributed by atoms with Crippen molar-refractivity contribution < 1.29 is 18.7 Å². The molecule has 2 atom stereocenters. The molecule has 1 heterocycles. The van der Waals surface area contributed by atoms with E-state index in [1.54, 1.807) is 12.3 Å². The van der Waals surface area contributed by atoms with Crippen LogP contribution in [0.1, 0.15) is 44.9 Å². The molecule has 0 aliphatic rings. The molecule has 0 fully saturated rings. The van der Waals surface area contributed by atoms with Gasteiger partial charge in [-0.05, 0) is 24.6 Å². The van der Waals surface area contributed by atoms with E-state index in [4.69, 9.17) is 19.3 Å². The Morgan fingerprint density at radius 1 is 1.44 bits per heavy atom. The quantitative estimate of drug-likeness (QED) is 0.353. The predicted molar refractivity (Wildman–Crippen MR) is 102 cm³/mol. The normalized spacial score (nSPS) is 15.2. The zero-order valence-electron chi connectivity index (χ0n) is 16.2. The lowest BCUT2D eigenvalue weighted by Gasteiger charge is -2.36. The third kappa shape index (κ3) is 7.03. The van der Waals surface area contributed by atoms with Gasteiger partial charge in [-0.25, -0.2) is 4.98 Å². The molecule has 0 bridgehead atoms. The van der Waals surface area contributed by atoms with Crippen LogP contribution in [0, 0.1) is 0 Å². The predicted octanol–water partition coefficient (Wildman–Crippen LogP) is 3.19. The van der Waals surface area contributed by atoms with Gasteiger partial charge in [-0.15, -0.1) is 6.58 Å². The molecule has 3 N–H and O–H groups in total. The van der Waals surface area contributed by atoms with Crippen molar-refractivity contribution in [2.45, 2.75) is 63.9 Å². The fourth-order valence-corrected chi connectivity index (χ4v) is 3.01. The number of nitrogens with two attached hydrogens (primary N) is 1. The Bertz CT molecular complexity index is 525. The Balaban J connectivity index is 2.41. The van der Waals surface area contributed by atoms with Crippen molar-refractivity contribution in [1.29, 1.82) is 0 Å². The number of hydrogen-bond donors (Lipinski definition) is 2. The van der Waals surface area contributed by atoms with Crippen molar-refractivity contribution in [3.63, 3.8) is 0 Å². The molecule has 0 aliphatic carbocycles. The Morgan fingerprint density at radius 2 is 2.12 bits per heavy atom. The molecule has 0 aromatic carbocycles. The average Bonchev–Trinajstić information content (AvgIpc) is 2.98. The van der Waals surface area contributed by atoms with Gasteiger partial charge in [0.15, 0.2) is 8.32 Å². The summed E-state index contributed by atoms with van der Waals surface area (Å²) < 4.78 is 17.0. The maximum absolute atomic E-state index is 10.2. The van der Waals surface area contributed by atoms with Gasteiger partial charge in [0.2, 0.25) is 5.89 Å². The summed E-state index contributed by atoms with van der Waals surface area (Å²) in [5.41, 5.74) is 5.88. The van der Waals surface area contributed by atoms with Crippen molar-refractivity contribution in [2.24, 2.45) is 5.73 Å². The highest BCUT2D eigenvalue weighted by Gasteiger charge is 2.36. The first-order chi connectivity index (χ1) is 11.6. The maximum atomic E-state index is 10.2. The molecular formula is C18H34N2O4Si. The topological polar surface area (TPSA) is 90.7 Å². The van der Waals surface area contributed by atoms with E-state index in [1.165, 1.54) is 0 Å². The Morgan fingerprint density at radius 3 is 2.72 bits per heavy atom. The van der Waals surface area contributed by atoms with Crippen LogP contribution in [0.25, 0.3) is 0 Å². The van der Waals surface area contributed by atoms with Crippen LogP contribution >= 0.6 is 0 Å². The molecule has 0 amide bonds. The monoisotopic (exact) mass is 370 g/mol. The number of ether oxygens (including phenoxy) is 1. The summed E-state index contributed by atoms with van der Waals surface area (Å²) in [6.07, 6.45) is 3.86. The van der Waals surface area contributed by atoms with Crippen LogP contribution in [0.2, 0.25) is 18.1 Å². The van der Waals surface area contributed by atoms with Crippen LogP contribution in [-0.4, -0.2) is 44.3 Å². The number of nitrogens with zero attached hydrogens (tertiary/aromatic N) is 1. The minimum absolute atomic E-state index is 0.209. The zero-order valence-corrected chi connectivity index (χ0v) is 17.2. The van der Waals surface area contributed by atoms with Crippen LogP contribution < -0.4 is 5.73 Å². The second-order valence-corrected chi connectivity index (χ2v) is 12.6. The van der Waals surface area contributed by atoms with Crippen LogP contribution in [0.5, 0.6) is 0 Å². The van der Waals surface area contributed by atoms with Gasteiger partial charge in [-0.1, -0.05) is 26.8 Å². The minimum atomic E-state index is -1.71. The molecule has 0 saturated carbocycles. The van der Waals surface area contributed by atoms with E-state index in [-0.39, 0.29) is 17.5 Å². The first-order valence-corrected chi connectivity index (χ1v) is 11.7. The summed E-state index contributed by atoms with van der Waals surface area (Å²) in [6.45, 7) is 16.0. The van der Waals surface area contributed by atoms with E-state index in [0.717, 1.165) is 18.6 Å². The number of oxazole rings is 1. The SMILES string of the molecule is C=CCOC[C@H](N)[C@@H](O)c1ncc(CCCO[Si](C)(C)C(C)(C)C)o1. The van der Waals surface area contributed by atoms with Gasteiger partial charge in [0.25, 0.3) is 0 Å². The first kappa shape index (κ1) is 22.0. The lowest BCUT2D eigenvalue weighted by Crippen LogP contribution is -2.41. The van der Waals surface area contributed by atoms with Gasteiger partial charge >= 0.3 is 0 Å². The van der Waals surface area contributed by atoms with Crippen LogP contribution in [-0.2, 0) is 15.6 Å². The third-order valence-corrected chi connectivity index (χ3v) is 9.15. The van der Waals surface area contributed by atoms with Gasteiger partial charge < -0.3 is 24.4 Å². The van der Waals surface area contributed by atoms with Gasteiger partial charge in [-0.3, -0.25) is 0 Å². The van der Waals surface area contributed by atoms with E-state index < -0.39 is 20.5 Å². The highest BCUT2D eigenvalue weighted by atomic mass is 28.4. The zero-order chi connectivity index (χ0) is 19.1. The molecular weight excluding hydrogens is 336 g/mol. The Hall–Kier alpha value is -0.993. The summed E-state index contributed by atoms with van der Waals surface area (Å²) in [7, 11) is -1.71. The van der Waals surface area contributed by atoms with Gasteiger partial charge in [0.05, 0.1) is 25.5 Å². The van der Waals surface area contributed by atoms with Crippen LogP contribution in [0.3, 0.4) is 0 Å². The molecule has 1 aromatic rings. The molecule has 6 nitrogen and oxygen atoms in total. The van der Waals surface area contributed by atoms with Crippen molar-refractivity contribution in [1.82, 2.24) is 4.98 Å². The second kappa shape index (κ2) is 9.63.